The van der Waals surface area contributed by atoms with Gasteiger partial charge in [0.15, 0.2) is 0 Å². The molecule has 2 aliphatic rings. The number of anilines is 1. The Morgan fingerprint density at radius 3 is 2.43 bits per heavy atom. The Bertz CT molecular complexity index is 1150. The number of primary amides is 1. The molecule has 3 heterocycles. The van der Waals surface area contributed by atoms with Gasteiger partial charge in [0.1, 0.15) is 11.5 Å². The van der Waals surface area contributed by atoms with Gasteiger partial charge in [-0.05, 0) is 49.7 Å². The first kappa shape index (κ1) is 25.2. The highest BCUT2D eigenvalue weighted by Crippen LogP contribution is 2.42. The van der Waals surface area contributed by atoms with Crippen molar-refractivity contribution in [2.45, 2.75) is 78.3 Å². The van der Waals surface area contributed by atoms with Crippen molar-refractivity contribution in [1.29, 1.82) is 0 Å². The molecule has 2 aromatic rings. The standard InChI is InChI=1S/C26H34ClN5O3/c1-15(33)30-17-8-4-6-16(7-5-9-17)25(35)31-23-11-18(20(27)13-29-23)19-10-21(24(28)34)32-14-26(2,3)12-22(19)32/h10-11,13,16-17H,4-9,12,14H2,1-3H3,(H2,28,34)(H,30,33)(H,29,31,35)/t16-,17+. The van der Waals surface area contributed by atoms with Crippen molar-refractivity contribution >= 4 is 35.1 Å². The van der Waals surface area contributed by atoms with Crippen LogP contribution in [0.2, 0.25) is 5.02 Å². The van der Waals surface area contributed by atoms with Crippen LogP contribution in [0.4, 0.5) is 5.82 Å². The van der Waals surface area contributed by atoms with E-state index >= 15 is 0 Å². The Morgan fingerprint density at radius 2 is 1.80 bits per heavy atom. The zero-order chi connectivity index (χ0) is 25.3. The molecule has 8 nitrogen and oxygen atoms in total. The second-order valence-corrected chi connectivity index (χ2v) is 11.1. The fraction of sp³-hybridized carbons (Fsp3) is 0.538. The van der Waals surface area contributed by atoms with E-state index in [1.54, 1.807) is 19.1 Å². The summed E-state index contributed by atoms with van der Waals surface area (Å²) in [4.78, 5) is 40.9. The summed E-state index contributed by atoms with van der Waals surface area (Å²) >= 11 is 6.54. The molecular weight excluding hydrogens is 466 g/mol. The minimum Gasteiger partial charge on any atom is -0.364 e. The Kier molecular flexibility index (Phi) is 7.22. The number of rotatable bonds is 5. The third-order valence-electron chi connectivity index (χ3n) is 7.08. The molecule has 0 radical (unpaired) electrons. The highest BCUT2D eigenvalue weighted by atomic mass is 35.5. The maximum Gasteiger partial charge on any atom is 0.265 e. The van der Waals surface area contributed by atoms with Crippen LogP contribution in [0.1, 0.15) is 75.5 Å². The van der Waals surface area contributed by atoms with Gasteiger partial charge in [-0.25, -0.2) is 4.98 Å². The van der Waals surface area contributed by atoms with Crippen molar-refractivity contribution in [3.63, 3.8) is 0 Å². The number of pyridine rings is 1. The summed E-state index contributed by atoms with van der Waals surface area (Å²) in [5.74, 6) is -0.195. The van der Waals surface area contributed by atoms with Crippen molar-refractivity contribution in [1.82, 2.24) is 14.9 Å². The molecule has 35 heavy (non-hydrogen) atoms. The van der Waals surface area contributed by atoms with Gasteiger partial charge in [0.2, 0.25) is 11.8 Å². The smallest absolute Gasteiger partial charge is 0.265 e. The summed E-state index contributed by atoms with van der Waals surface area (Å²) in [5.41, 5.74) is 8.71. The molecule has 9 heteroatoms. The van der Waals surface area contributed by atoms with E-state index in [1.807, 2.05) is 4.57 Å². The number of nitrogens with one attached hydrogen (secondary N) is 2. The summed E-state index contributed by atoms with van der Waals surface area (Å²) < 4.78 is 1.98. The van der Waals surface area contributed by atoms with Crippen LogP contribution in [0, 0.1) is 11.3 Å². The molecule has 3 amide bonds. The molecule has 0 aromatic carbocycles. The van der Waals surface area contributed by atoms with Gasteiger partial charge >= 0.3 is 0 Å². The Labute approximate surface area is 211 Å². The number of fused-ring (bicyclic) bond motifs is 1. The zero-order valence-electron chi connectivity index (χ0n) is 20.6. The van der Waals surface area contributed by atoms with Crippen LogP contribution in [0.5, 0.6) is 0 Å². The average Bonchev–Trinajstić information content (AvgIpc) is 3.23. The molecule has 4 N–H and O–H groups in total. The second kappa shape index (κ2) is 10.0. The summed E-state index contributed by atoms with van der Waals surface area (Å²) in [6.07, 6.45) is 7.39. The number of nitrogens with zero attached hydrogens (tertiary/aromatic N) is 2. The van der Waals surface area contributed by atoms with Crippen LogP contribution < -0.4 is 16.4 Å². The number of hydrogen-bond acceptors (Lipinski definition) is 4. The molecule has 188 valence electrons. The molecule has 0 saturated heterocycles. The van der Waals surface area contributed by atoms with E-state index in [0.29, 0.717) is 23.1 Å². The molecule has 0 unspecified atom stereocenters. The van der Waals surface area contributed by atoms with E-state index in [-0.39, 0.29) is 29.2 Å². The lowest BCUT2D eigenvalue weighted by Crippen LogP contribution is -2.34. The Morgan fingerprint density at radius 1 is 1.11 bits per heavy atom. The number of aromatic nitrogens is 2. The minimum atomic E-state index is -0.473. The van der Waals surface area contributed by atoms with Gasteiger partial charge in [-0.2, -0.15) is 0 Å². The molecule has 4 rings (SSSR count). The number of carbonyl (C=O) groups is 3. The number of nitrogens with two attached hydrogens (primary N) is 1. The van der Waals surface area contributed by atoms with Crippen molar-refractivity contribution < 1.29 is 14.4 Å². The SMILES string of the molecule is CC(=O)N[C@H]1CCC[C@@H](C(=O)Nc2cc(-c3cc(C(N)=O)n4c3CC(C)(C)C4)c(Cl)cn2)CCC1. The van der Waals surface area contributed by atoms with E-state index in [1.165, 1.54) is 6.20 Å². The van der Waals surface area contributed by atoms with Gasteiger partial charge in [-0.1, -0.05) is 38.3 Å². The van der Waals surface area contributed by atoms with E-state index in [2.05, 4.69) is 29.5 Å². The van der Waals surface area contributed by atoms with Crippen LogP contribution in [-0.2, 0) is 22.6 Å². The maximum absolute atomic E-state index is 13.1. The van der Waals surface area contributed by atoms with Gasteiger partial charge in [0, 0.05) is 48.4 Å². The van der Waals surface area contributed by atoms with Crippen molar-refractivity contribution in [2.24, 2.45) is 17.1 Å². The first-order chi connectivity index (χ1) is 16.5. The van der Waals surface area contributed by atoms with E-state index in [9.17, 15) is 14.4 Å². The fourth-order valence-electron chi connectivity index (χ4n) is 5.48. The van der Waals surface area contributed by atoms with E-state index in [0.717, 1.165) is 61.8 Å². The normalized spacial score (nSPS) is 21.5. The second-order valence-electron chi connectivity index (χ2n) is 10.7. The molecular formula is C26H34ClN5O3. The lowest BCUT2D eigenvalue weighted by atomic mass is 9.88. The average molecular weight is 500 g/mol. The monoisotopic (exact) mass is 499 g/mol. The molecule has 1 aliphatic carbocycles. The minimum absolute atomic E-state index is 0.00322. The Balaban J connectivity index is 1.51. The van der Waals surface area contributed by atoms with Crippen LogP contribution in [0.25, 0.3) is 11.1 Å². The number of amides is 3. The van der Waals surface area contributed by atoms with Crippen molar-refractivity contribution in [3.8, 4) is 11.1 Å². The molecule has 0 spiro atoms. The molecule has 1 aliphatic heterocycles. The third kappa shape index (κ3) is 5.69. The first-order valence-corrected chi connectivity index (χ1v) is 12.7. The molecule has 2 aromatic heterocycles. The quantitative estimate of drug-likeness (QED) is 0.568. The van der Waals surface area contributed by atoms with Crippen LogP contribution >= 0.6 is 11.6 Å². The molecule has 0 atom stereocenters. The predicted molar refractivity (Wildman–Crippen MR) is 136 cm³/mol. The molecule has 0 bridgehead atoms. The predicted octanol–water partition coefficient (Wildman–Crippen LogP) is 4.30. The topological polar surface area (TPSA) is 119 Å². The highest BCUT2D eigenvalue weighted by Gasteiger charge is 2.34. The fourth-order valence-corrected chi connectivity index (χ4v) is 5.69. The Hall–Kier alpha value is -2.87. The summed E-state index contributed by atoms with van der Waals surface area (Å²) in [7, 11) is 0. The maximum atomic E-state index is 13.1. The van der Waals surface area contributed by atoms with Gasteiger partial charge in [-0.15, -0.1) is 0 Å². The van der Waals surface area contributed by atoms with Gasteiger partial charge in [0.05, 0.1) is 5.02 Å². The zero-order valence-corrected chi connectivity index (χ0v) is 21.4. The summed E-state index contributed by atoms with van der Waals surface area (Å²) in [5, 5.41) is 6.43. The molecule has 1 saturated carbocycles. The third-order valence-corrected chi connectivity index (χ3v) is 7.38. The van der Waals surface area contributed by atoms with Crippen LogP contribution in [-0.4, -0.2) is 33.3 Å². The number of hydrogen-bond donors (Lipinski definition) is 3. The summed E-state index contributed by atoms with van der Waals surface area (Å²) in [6.45, 7) is 6.56. The van der Waals surface area contributed by atoms with Gasteiger partial charge in [-0.3, -0.25) is 14.4 Å². The molecule has 1 fully saturated rings. The van der Waals surface area contributed by atoms with E-state index < -0.39 is 5.91 Å². The lowest BCUT2D eigenvalue weighted by molar-refractivity contribution is -0.121. The summed E-state index contributed by atoms with van der Waals surface area (Å²) in [6, 6.07) is 3.76. The number of halogens is 1. The highest BCUT2D eigenvalue weighted by molar-refractivity contribution is 6.33. The lowest BCUT2D eigenvalue weighted by Gasteiger charge is -2.24. The van der Waals surface area contributed by atoms with Crippen LogP contribution in [0.3, 0.4) is 0 Å². The van der Waals surface area contributed by atoms with Crippen molar-refractivity contribution in [3.05, 3.63) is 34.7 Å². The van der Waals surface area contributed by atoms with Crippen molar-refractivity contribution in [2.75, 3.05) is 5.32 Å². The largest absolute Gasteiger partial charge is 0.364 e. The first-order valence-electron chi connectivity index (χ1n) is 12.3. The van der Waals surface area contributed by atoms with Crippen LogP contribution in [0.15, 0.2) is 18.3 Å². The number of carbonyl (C=O) groups excluding carboxylic acids is 3. The van der Waals surface area contributed by atoms with Gasteiger partial charge in [0.25, 0.3) is 5.91 Å². The van der Waals surface area contributed by atoms with E-state index in [4.69, 9.17) is 17.3 Å². The van der Waals surface area contributed by atoms with Gasteiger partial charge < -0.3 is 20.9 Å².